The molecule has 1 saturated heterocycles. The maximum atomic E-state index is 12.1. The third kappa shape index (κ3) is 4.30. The quantitative estimate of drug-likeness (QED) is 0.798. The molecule has 1 aromatic carbocycles. The Bertz CT molecular complexity index is 667. The molecule has 1 fully saturated rings. The lowest BCUT2D eigenvalue weighted by atomic mass is 10.3. The maximum absolute atomic E-state index is 12.1. The van der Waals surface area contributed by atoms with Gasteiger partial charge in [-0.25, -0.2) is 9.59 Å². The molecule has 24 heavy (non-hydrogen) atoms. The lowest BCUT2D eigenvalue weighted by molar-refractivity contribution is -0.163. The SMILES string of the molecule is C[C@@H](Oc1ccc(Cl)cc1Cl)C(=O)O[C@H](C)C(=O)N1CCNC1=O. The molecule has 1 heterocycles. The predicted octanol–water partition coefficient (Wildman–Crippen LogP) is 2.24. The summed E-state index contributed by atoms with van der Waals surface area (Å²) >= 11 is 11.8. The summed E-state index contributed by atoms with van der Waals surface area (Å²) in [7, 11) is 0. The Kier molecular flexibility index (Phi) is 5.90. The molecule has 0 unspecified atom stereocenters. The number of amides is 3. The highest BCUT2D eigenvalue weighted by molar-refractivity contribution is 6.35. The largest absolute Gasteiger partial charge is 0.477 e. The van der Waals surface area contributed by atoms with Crippen molar-refractivity contribution in [3.05, 3.63) is 28.2 Å². The molecule has 9 heteroatoms. The highest BCUT2D eigenvalue weighted by Gasteiger charge is 2.32. The molecule has 1 aliphatic heterocycles. The van der Waals surface area contributed by atoms with Gasteiger partial charge in [0.05, 0.1) is 5.02 Å². The summed E-state index contributed by atoms with van der Waals surface area (Å²) in [6.45, 7) is 3.48. The lowest BCUT2D eigenvalue weighted by Crippen LogP contribution is -2.43. The van der Waals surface area contributed by atoms with Gasteiger partial charge in [0.25, 0.3) is 5.91 Å². The van der Waals surface area contributed by atoms with E-state index >= 15 is 0 Å². The third-order valence-corrected chi connectivity index (χ3v) is 3.82. The summed E-state index contributed by atoms with van der Waals surface area (Å²) in [5.41, 5.74) is 0. The van der Waals surface area contributed by atoms with Gasteiger partial charge in [0.2, 0.25) is 0 Å². The van der Waals surface area contributed by atoms with Crippen LogP contribution in [-0.2, 0) is 14.3 Å². The van der Waals surface area contributed by atoms with Crippen LogP contribution >= 0.6 is 23.2 Å². The average Bonchev–Trinajstić information content (AvgIpc) is 2.95. The first kappa shape index (κ1) is 18.4. The smallest absolute Gasteiger partial charge is 0.347 e. The van der Waals surface area contributed by atoms with E-state index in [0.29, 0.717) is 11.6 Å². The number of ether oxygens (including phenoxy) is 2. The van der Waals surface area contributed by atoms with Gasteiger partial charge in [-0.3, -0.25) is 9.69 Å². The number of hydrogen-bond acceptors (Lipinski definition) is 5. The molecule has 2 rings (SSSR count). The molecule has 0 spiro atoms. The summed E-state index contributed by atoms with van der Waals surface area (Å²) in [6.07, 6.45) is -2.10. The monoisotopic (exact) mass is 374 g/mol. The number of imide groups is 1. The number of halogens is 2. The molecular formula is C15H16Cl2N2O5. The minimum Gasteiger partial charge on any atom is -0.477 e. The molecule has 0 saturated carbocycles. The van der Waals surface area contributed by atoms with Gasteiger partial charge in [-0.2, -0.15) is 0 Å². The van der Waals surface area contributed by atoms with Crippen molar-refractivity contribution in [2.75, 3.05) is 13.1 Å². The van der Waals surface area contributed by atoms with Crippen LogP contribution in [0.3, 0.4) is 0 Å². The predicted molar refractivity (Wildman–Crippen MR) is 87.2 cm³/mol. The maximum Gasteiger partial charge on any atom is 0.347 e. The zero-order chi connectivity index (χ0) is 17.9. The molecule has 1 aromatic rings. The van der Waals surface area contributed by atoms with Crippen LogP contribution in [0.15, 0.2) is 18.2 Å². The molecule has 0 radical (unpaired) electrons. The number of urea groups is 1. The first-order valence-electron chi connectivity index (χ1n) is 7.21. The van der Waals surface area contributed by atoms with E-state index in [-0.39, 0.29) is 17.3 Å². The van der Waals surface area contributed by atoms with E-state index in [1.54, 1.807) is 6.07 Å². The second-order valence-electron chi connectivity index (χ2n) is 5.14. The van der Waals surface area contributed by atoms with Crippen LogP contribution in [0.4, 0.5) is 4.79 Å². The van der Waals surface area contributed by atoms with Gasteiger partial charge >= 0.3 is 12.0 Å². The number of esters is 1. The zero-order valence-electron chi connectivity index (χ0n) is 13.0. The van der Waals surface area contributed by atoms with E-state index in [1.807, 2.05) is 0 Å². The molecule has 1 aliphatic rings. The highest BCUT2D eigenvalue weighted by Crippen LogP contribution is 2.28. The van der Waals surface area contributed by atoms with Crippen molar-refractivity contribution >= 4 is 41.1 Å². The standard InChI is InChI=1S/C15H16Cl2N2O5/c1-8(13(20)19-6-5-18-15(19)22)24-14(21)9(2)23-12-4-3-10(16)7-11(12)17/h3-4,7-9H,5-6H2,1-2H3,(H,18,22)/t8-,9-/m1/s1. The van der Waals surface area contributed by atoms with Crippen LogP contribution in [0.25, 0.3) is 0 Å². The van der Waals surface area contributed by atoms with Crippen LogP contribution in [-0.4, -0.2) is 48.1 Å². The van der Waals surface area contributed by atoms with Gasteiger partial charge in [-0.15, -0.1) is 0 Å². The van der Waals surface area contributed by atoms with Gasteiger partial charge in [-0.05, 0) is 32.0 Å². The second kappa shape index (κ2) is 7.72. The van der Waals surface area contributed by atoms with E-state index < -0.39 is 30.1 Å². The number of hydrogen-bond donors (Lipinski definition) is 1. The summed E-state index contributed by atoms with van der Waals surface area (Å²) in [5.74, 6) is -1.07. The van der Waals surface area contributed by atoms with Gasteiger partial charge in [-0.1, -0.05) is 23.2 Å². The van der Waals surface area contributed by atoms with Crippen molar-refractivity contribution < 1.29 is 23.9 Å². The Hall–Kier alpha value is -1.99. The van der Waals surface area contributed by atoms with Crippen molar-refractivity contribution in [1.82, 2.24) is 10.2 Å². The van der Waals surface area contributed by atoms with Crippen molar-refractivity contribution in [2.24, 2.45) is 0 Å². The molecule has 2 atom stereocenters. The Morgan fingerprint density at radius 1 is 1.25 bits per heavy atom. The van der Waals surface area contributed by atoms with Crippen LogP contribution in [0.2, 0.25) is 10.0 Å². The van der Waals surface area contributed by atoms with E-state index in [4.69, 9.17) is 32.7 Å². The van der Waals surface area contributed by atoms with E-state index in [0.717, 1.165) is 4.90 Å². The molecule has 0 aliphatic carbocycles. The first-order valence-corrected chi connectivity index (χ1v) is 7.96. The minimum absolute atomic E-state index is 0.242. The topological polar surface area (TPSA) is 84.9 Å². The van der Waals surface area contributed by atoms with Gasteiger partial charge < -0.3 is 14.8 Å². The molecule has 3 amide bonds. The van der Waals surface area contributed by atoms with E-state index in [9.17, 15) is 14.4 Å². The van der Waals surface area contributed by atoms with Crippen LogP contribution in [0.1, 0.15) is 13.8 Å². The van der Waals surface area contributed by atoms with Crippen LogP contribution in [0, 0.1) is 0 Å². The lowest BCUT2D eigenvalue weighted by Gasteiger charge is -2.20. The second-order valence-corrected chi connectivity index (χ2v) is 5.98. The number of nitrogens with one attached hydrogen (secondary N) is 1. The number of rotatable bonds is 5. The molecule has 130 valence electrons. The molecule has 0 bridgehead atoms. The Morgan fingerprint density at radius 2 is 1.96 bits per heavy atom. The minimum atomic E-state index is -1.10. The van der Waals surface area contributed by atoms with Crippen molar-refractivity contribution in [3.8, 4) is 5.75 Å². The number of benzene rings is 1. The molecule has 0 aromatic heterocycles. The van der Waals surface area contributed by atoms with Crippen LogP contribution < -0.4 is 10.1 Å². The van der Waals surface area contributed by atoms with Crippen molar-refractivity contribution in [3.63, 3.8) is 0 Å². The summed E-state index contributed by atoms with van der Waals surface area (Å²) in [6, 6.07) is 4.07. The Labute approximate surface area is 148 Å². The summed E-state index contributed by atoms with van der Waals surface area (Å²) in [5, 5.41) is 3.19. The number of nitrogens with zero attached hydrogens (tertiary/aromatic N) is 1. The van der Waals surface area contributed by atoms with E-state index in [1.165, 1.54) is 26.0 Å². The normalized spacial score (nSPS) is 16.3. The Morgan fingerprint density at radius 3 is 2.54 bits per heavy atom. The van der Waals surface area contributed by atoms with E-state index in [2.05, 4.69) is 5.32 Å². The summed E-state index contributed by atoms with van der Waals surface area (Å²) in [4.78, 5) is 36.6. The van der Waals surface area contributed by atoms with Crippen molar-refractivity contribution in [2.45, 2.75) is 26.1 Å². The van der Waals surface area contributed by atoms with Crippen LogP contribution in [0.5, 0.6) is 5.75 Å². The third-order valence-electron chi connectivity index (χ3n) is 3.29. The first-order chi connectivity index (χ1) is 11.3. The number of carbonyl (C=O) groups excluding carboxylic acids is 3. The van der Waals surface area contributed by atoms with Crippen molar-refractivity contribution in [1.29, 1.82) is 0 Å². The van der Waals surface area contributed by atoms with Gasteiger partial charge in [0.15, 0.2) is 12.2 Å². The Balaban J connectivity index is 1.93. The highest BCUT2D eigenvalue weighted by atomic mass is 35.5. The zero-order valence-corrected chi connectivity index (χ0v) is 14.6. The average molecular weight is 375 g/mol. The fraction of sp³-hybridized carbons (Fsp3) is 0.400. The summed E-state index contributed by atoms with van der Waals surface area (Å²) < 4.78 is 10.5. The fourth-order valence-electron chi connectivity index (χ4n) is 2.03. The molecule has 7 nitrogen and oxygen atoms in total. The fourth-order valence-corrected chi connectivity index (χ4v) is 2.48. The van der Waals surface area contributed by atoms with Gasteiger partial charge in [0.1, 0.15) is 5.75 Å². The van der Waals surface area contributed by atoms with Gasteiger partial charge in [0, 0.05) is 18.1 Å². The number of carbonyl (C=O) groups is 3. The molecule has 1 N–H and O–H groups in total. The molecular weight excluding hydrogens is 359 g/mol.